The van der Waals surface area contributed by atoms with E-state index in [4.69, 9.17) is 10.5 Å². The van der Waals surface area contributed by atoms with Crippen molar-refractivity contribution < 1.29 is 4.74 Å². The summed E-state index contributed by atoms with van der Waals surface area (Å²) in [5.74, 6) is 2.40. The van der Waals surface area contributed by atoms with Gasteiger partial charge in [-0.15, -0.1) is 0 Å². The molecule has 1 aromatic heterocycles. The molecule has 0 fully saturated rings. The zero-order valence-corrected chi connectivity index (χ0v) is 16.6. The first-order chi connectivity index (χ1) is 11.4. The number of rotatable bonds is 8. The molecule has 0 saturated heterocycles. The number of hydrogen-bond acceptors (Lipinski definition) is 6. The van der Waals surface area contributed by atoms with E-state index in [1.54, 1.807) is 31.3 Å². The molecule has 0 aliphatic carbocycles. The second-order valence-corrected chi connectivity index (χ2v) is 8.06. The van der Waals surface area contributed by atoms with Crippen molar-refractivity contribution in [2.75, 3.05) is 25.5 Å². The lowest BCUT2D eigenvalue weighted by molar-refractivity contribution is 0.405. The number of hydrogen-bond donors (Lipinski definition) is 2. The minimum atomic E-state index is 0.00692. The van der Waals surface area contributed by atoms with Crippen LogP contribution in [0.15, 0.2) is 40.1 Å². The van der Waals surface area contributed by atoms with Crippen LogP contribution in [0.2, 0.25) is 0 Å². The number of thioether (sulfide) groups is 1. The van der Waals surface area contributed by atoms with E-state index in [1.165, 1.54) is 0 Å². The number of ether oxygens (including phenoxy) is 1. The van der Waals surface area contributed by atoms with Gasteiger partial charge >= 0.3 is 0 Å². The number of anilines is 1. The number of benzene rings is 1. The Morgan fingerprint density at radius 1 is 1.29 bits per heavy atom. The fourth-order valence-corrected chi connectivity index (χ4v) is 3.28. The molecule has 2 rings (SSSR count). The van der Waals surface area contributed by atoms with E-state index in [-0.39, 0.29) is 5.41 Å². The third kappa shape index (κ3) is 5.36. The zero-order valence-electron chi connectivity index (χ0n) is 14.2. The summed E-state index contributed by atoms with van der Waals surface area (Å²) in [6.45, 7) is 5.60. The number of halogens is 1. The van der Waals surface area contributed by atoms with Gasteiger partial charge in [-0.25, -0.2) is 9.97 Å². The average molecular weight is 411 g/mol. The van der Waals surface area contributed by atoms with Crippen LogP contribution in [0.1, 0.15) is 19.4 Å². The molecule has 0 radical (unpaired) electrons. The van der Waals surface area contributed by atoms with Crippen molar-refractivity contribution >= 4 is 33.5 Å². The van der Waals surface area contributed by atoms with Crippen LogP contribution in [0.4, 0.5) is 5.82 Å². The minimum absolute atomic E-state index is 0.00692. The van der Waals surface area contributed by atoms with Gasteiger partial charge in [0.15, 0.2) is 5.82 Å². The molecule has 130 valence electrons. The van der Waals surface area contributed by atoms with Crippen molar-refractivity contribution in [3.05, 3.63) is 40.6 Å². The van der Waals surface area contributed by atoms with Crippen LogP contribution in [0.3, 0.4) is 0 Å². The maximum absolute atomic E-state index is 5.79. The van der Waals surface area contributed by atoms with Crippen LogP contribution in [0.5, 0.6) is 5.75 Å². The lowest BCUT2D eigenvalue weighted by Gasteiger charge is -2.23. The molecule has 3 N–H and O–H groups in total. The van der Waals surface area contributed by atoms with E-state index in [9.17, 15) is 0 Å². The van der Waals surface area contributed by atoms with Crippen LogP contribution >= 0.6 is 27.7 Å². The fourth-order valence-electron chi connectivity index (χ4n) is 1.95. The van der Waals surface area contributed by atoms with Crippen LogP contribution in [0.25, 0.3) is 0 Å². The standard InChI is InChI=1S/C17H23BrN4OS/c1-17(2,10-19)11-22-15-16(21-7-6-20-15)24-9-12-8-13(18)4-5-14(12)23-3/h4-8H,9-11,19H2,1-3H3,(H,20,22). The third-order valence-electron chi connectivity index (χ3n) is 3.56. The minimum Gasteiger partial charge on any atom is -0.496 e. The third-order valence-corrected chi connectivity index (χ3v) is 5.08. The Bertz CT molecular complexity index is 681. The van der Waals surface area contributed by atoms with Gasteiger partial charge in [0.1, 0.15) is 10.8 Å². The summed E-state index contributed by atoms with van der Waals surface area (Å²) in [7, 11) is 1.68. The summed E-state index contributed by atoms with van der Waals surface area (Å²) in [5.41, 5.74) is 6.90. The lowest BCUT2D eigenvalue weighted by atomic mass is 9.94. The van der Waals surface area contributed by atoms with Gasteiger partial charge in [-0.05, 0) is 30.2 Å². The van der Waals surface area contributed by atoms with Gasteiger partial charge < -0.3 is 15.8 Å². The summed E-state index contributed by atoms with van der Waals surface area (Å²) in [4.78, 5) is 8.87. The van der Waals surface area contributed by atoms with Crippen LogP contribution in [-0.4, -0.2) is 30.2 Å². The Labute approximate surface area is 155 Å². The van der Waals surface area contributed by atoms with Gasteiger partial charge in [0.2, 0.25) is 0 Å². The molecule has 0 amide bonds. The number of aromatic nitrogens is 2. The van der Waals surface area contributed by atoms with Crippen molar-refractivity contribution in [1.82, 2.24) is 9.97 Å². The SMILES string of the molecule is COc1ccc(Br)cc1CSc1nccnc1NCC(C)(C)CN. The first kappa shape index (κ1) is 19.0. The van der Waals surface area contributed by atoms with E-state index in [1.807, 2.05) is 12.1 Å². The van der Waals surface area contributed by atoms with Gasteiger partial charge in [0.25, 0.3) is 0 Å². The van der Waals surface area contributed by atoms with E-state index >= 15 is 0 Å². The Hall–Kier alpha value is -1.31. The Balaban J connectivity index is 2.09. The molecule has 1 aromatic carbocycles. The highest BCUT2D eigenvalue weighted by atomic mass is 79.9. The smallest absolute Gasteiger partial charge is 0.158 e. The van der Waals surface area contributed by atoms with E-state index in [0.717, 1.165) is 38.9 Å². The predicted octanol–water partition coefficient (Wildman–Crippen LogP) is 3.94. The molecule has 5 nitrogen and oxygen atoms in total. The van der Waals surface area contributed by atoms with Crippen LogP contribution in [0, 0.1) is 5.41 Å². The van der Waals surface area contributed by atoms with Crippen molar-refractivity contribution in [2.45, 2.75) is 24.6 Å². The highest BCUT2D eigenvalue weighted by Crippen LogP contribution is 2.32. The maximum atomic E-state index is 5.79. The molecule has 24 heavy (non-hydrogen) atoms. The van der Waals surface area contributed by atoms with Crippen molar-refractivity contribution in [1.29, 1.82) is 0 Å². The second-order valence-electron chi connectivity index (χ2n) is 6.18. The molecule has 2 aromatic rings. The topological polar surface area (TPSA) is 73.1 Å². The molecule has 0 aliphatic heterocycles. The quantitative estimate of drug-likeness (QED) is 0.642. The van der Waals surface area contributed by atoms with E-state index < -0.39 is 0 Å². The monoisotopic (exact) mass is 410 g/mol. The van der Waals surface area contributed by atoms with Crippen molar-refractivity contribution in [2.24, 2.45) is 11.1 Å². The molecule has 0 aliphatic rings. The van der Waals surface area contributed by atoms with Gasteiger partial charge in [0.05, 0.1) is 7.11 Å². The molecule has 7 heteroatoms. The van der Waals surface area contributed by atoms with Gasteiger partial charge in [-0.3, -0.25) is 0 Å². The first-order valence-electron chi connectivity index (χ1n) is 7.65. The zero-order chi connectivity index (χ0) is 17.6. The fraction of sp³-hybridized carbons (Fsp3) is 0.412. The molecular weight excluding hydrogens is 388 g/mol. The normalized spacial score (nSPS) is 11.4. The van der Waals surface area contributed by atoms with E-state index in [0.29, 0.717) is 6.54 Å². The summed E-state index contributed by atoms with van der Waals surface area (Å²) in [5, 5.41) is 4.23. The summed E-state index contributed by atoms with van der Waals surface area (Å²) in [6, 6.07) is 5.99. The largest absolute Gasteiger partial charge is 0.496 e. The number of nitrogens with zero attached hydrogens (tertiary/aromatic N) is 2. The first-order valence-corrected chi connectivity index (χ1v) is 9.43. The molecule has 0 spiro atoms. The molecular formula is C17H23BrN4OS. The molecule has 0 atom stereocenters. The van der Waals surface area contributed by atoms with Crippen LogP contribution < -0.4 is 15.8 Å². The molecule has 0 saturated carbocycles. The predicted molar refractivity (Wildman–Crippen MR) is 104 cm³/mol. The van der Waals surface area contributed by atoms with Gasteiger partial charge in [-0.2, -0.15) is 0 Å². The number of nitrogens with two attached hydrogens (primary N) is 1. The Morgan fingerprint density at radius 3 is 2.75 bits per heavy atom. The van der Waals surface area contributed by atoms with E-state index in [2.05, 4.69) is 51.1 Å². The van der Waals surface area contributed by atoms with Crippen molar-refractivity contribution in [3.8, 4) is 5.75 Å². The molecule has 0 bridgehead atoms. The average Bonchev–Trinajstić information content (AvgIpc) is 2.59. The second kappa shape index (κ2) is 8.69. The highest BCUT2D eigenvalue weighted by molar-refractivity contribution is 9.10. The summed E-state index contributed by atoms with van der Waals surface area (Å²) < 4.78 is 6.45. The molecule has 1 heterocycles. The van der Waals surface area contributed by atoms with Gasteiger partial charge in [-0.1, -0.05) is 41.5 Å². The van der Waals surface area contributed by atoms with Gasteiger partial charge in [0, 0.05) is 34.7 Å². The number of nitrogens with one attached hydrogen (secondary N) is 1. The Morgan fingerprint density at radius 2 is 2.04 bits per heavy atom. The van der Waals surface area contributed by atoms with Crippen LogP contribution in [-0.2, 0) is 5.75 Å². The van der Waals surface area contributed by atoms with Crippen molar-refractivity contribution in [3.63, 3.8) is 0 Å². The molecule has 0 unspecified atom stereocenters. The number of methoxy groups -OCH3 is 1. The summed E-state index contributed by atoms with van der Waals surface area (Å²) >= 11 is 5.13. The summed E-state index contributed by atoms with van der Waals surface area (Å²) in [6.07, 6.45) is 3.40. The Kier molecular flexibility index (Phi) is 6.89. The lowest BCUT2D eigenvalue weighted by Crippen LogP contribution is -2.31. The maximum Gasteiger partial charge on any atom is 0.158 e. The highest BCUT2D eigenvalue weighted by Gasteiger charge is 2.17.